The molecule has 1 unspecified atom stereocenters. The van der Waals surface area contributed by atoms with Crippen molar-refractivity contribution in [2.75, 3.05) is 13.2 Å². The molecule has 4 heteroatoms. The Morgan fingerprint density at radius 1 is 1.50 bits per heavy atom. The van der Waals surface area contributed by atoms with Crippen LogP contribution in [0.15, 0.2) is 18.2 Å². The molecule has 1 aliphatic heterocycles. The predicted octanol–water partition coefficient (Wildman–Crippen LogP) is 1.60. The number of para-hydroxylation sites is 1. The molecule has 4 nitrogen and oxygen atoms in total. The summed E-state index contributed by atoms with van der Waals surface area (Å²) in [6.45, 7) is 2.87. The first-order valence-electron chi connectivity index (χ1n) is 5.92. The van der Waals surface area contributed by atoms with Gasteiger partial charge in [0.1, 0.15) is 13.2 Å². The number of hydrogen-bond acceptors (Lipinski definition) is 3. The van der Waals surface area contributed by atoms with E-state index >= 15 is 0 Å². The maximum absolute atomic E-state index is 12.1. The van der Waals surface area contributed by atoms with Gasteiger partial charge < -0.3 is 14.8 Å². The van der Waals surface area contributed by atoms with Gasteiger partial charge in [-0.05, 0) is 18.6 Å². The van der Waals surface area contributed by atoms with Crippen molar-refractivity contribution >= 4 is 5.91 Å². The fourth-order valence-corrected chi connectivity index (χ4v) is 1.75. The largest absolute Gasteiger partial charge is 0.486 e. The first kappa shape index (κ1) is 12.3. The molecule has 0 aliphatic carbocycles. The van der Waals surface area contributed by atoms with E-state index in [-0.39, 0.29) is 11.9 Å². The van der Waals surface area contributed by atoms with Gasteiger partial charge in [0, 0.05) is 0 Å². The van der Waals surface area contributed by atoms with Crippen molar-refractivity contribution in [2.24, 2.45) is 0 Å². The minimum atomic E-state index is -0.266. The average molecular weight is 245 g/mol. The fourth-order valence-electron chi connectivity index (χ4n) is 1.75. The summed E-state index contributed by atoms with van der Waals surface area (Å²) in [7, 11) is 0. The minimum Gasteiger partial charge on any atom is -0.486 e. The zero-order valence-corrected chi connectivity index (χ0v) is 10.2. The summed E-state index contributed by atoms with van der Waals surface area (Å²) in [4.78, 5) is 12.1. The van der Waals surface area contributed by atoms with Crippen LogP contribution in [0.4, 0.5) is 0 Å². The van der Waals surface area contributed by atoms with Crippen molar-refractivity contribution in [3.63, 3.8) is 0 Å². The summed E-state index contributed by atoms with van der Waals surface area (Å²) < 4.78 is 10.9. The lowest BCUT2D eigenvalue weighted by Crippen LogP contribution is -2.33. The van der Waals surface area contributed by atoms with E-state index in [0.717, 1.165) is 0 Å². The third-order valence-corrected chi connectivity index (χ3v) is 2.73. The molecule has 2 rings (SSSR count). The van der Waals surface area contributed by atoms with Gasteiger partial charge in [-0.15, -0.1) is 6.42 Å². The van der Waals surface area contributed by atoms with E-state index in [0.29, 0.717) is 36.7 Å². The SMILES string of the molecule is C#CC(CC)NC(=O)c1cccc2c1OCCO2. The molecule has 1 amide bonds. The standard InChI is InChI=1S/C14H15NO3/c1-3-10(4-2)15-14(16)11-6-5-7-12-13(11)18-9-8-17-12/h1,5-7,10H,4,8-9H2,2H3,(H,15,16). The number of benzene rings is 1. The maximum atomic E-state index is 12.1. The second-order valence-corrected chi connectivity index (χ2v) is 3.93. The lowest BCUT2D eigenvalue weighted by Gasteiger charge is -2.21. The molecule has 0 saturated carbocycles. The average Bonchev–Trinajstić information content (AvgIpc) is 2.43. The molecule has 0 radical (unpaired) electrons. The Morgan fingerprint density at radius 3 is 3.00 bits per heavy atom. The second kappa shape index (κ2) is 5.46. The first-order valence-corrected chi connectivity index (χ1v) is 5.92. The summed E-state index contributed by atoms with van der Waals surface area (Å²) in [5, 5.41) is 2.77. The Morgan fingerprint density at radius 2 is 2.28 bits per heavy atom. The van der Waals surface area contributed by atoms with Gasteiger partial charge in [-0.1, -0.05) is 18.9 Å². The highest BCUT2D eigenvalue weighted by atomic mass is 16.6. The van der Waals surface area contributed by atoms with Crippen molar-refractivity contribution in [1.82, 2.24) is 5.32 Å². The van der Waals surface area contributed by atoms with E-state index in [1.807, 2.05) is 6.92 Å². The zero-order valence-electron chi connectivity index (χ0n) is 10.2. The van der Waals surface area contributed by atoms with E-state index in [1.165, 1.54) is 0 Å². The zero-order chi connectivity index (χ0) is 13.0. The molecule has 0 aromatic heterocycles. The van der Waals surface area contributed by atoms with E-state index in [1.54, 1.807) is 18.2 Å². The van der Waals surface area contributed by atoms with E-state index < -0.39 is 0 Å². The van der Waals surface area contributed by atoms with Crippen LogP contribution < -0.4 is 14.8 Å². The van der Waals surface area contributed by atoms with Crippen molar-refractivity contribution in [1.29, 1.82) is 0 Å². The molecular formula is C14H15NO3. The molecule has 1 heterocycles. The summed E-state index contributed by atoms with van der Waals surface area (Å²) in [6, 6.07) is 4.98. The van der Waals surface area contributed by atoms with Crippen LogP contribution in [-0.4, -0.2) is 25.2 Å². The van der Waals surface area contributed by atoms with Crippen LogP contribution in [0.1, 0.15) is 23.7 Å². The smallest absolute Gasteiger partial charge is 0.256 e. The maximum Gasteiger partial charge on any atom is 0.256 e. The van der Waals surface area contributed by atoms with Gasteiger partial charge in [0.15, 0.2) is 11.5 Å². The summed E-state index contributed by atoms with van der Waals surface area (Å²) in [6.07, 6.45) is 6.02. The first-order chi connectivity index (χ1) is 8.76. The topological polar surface area (TPSA) is 47.6 Å². The molecule has 0 spiro atoms. The predicted molar refractivity (Wildman–Crippen MR) is 67.8 cm³/mol. The van der Waals surface area contributed by atoms with Crippen molar-refractivity contribution in [3.8, 4) is 23.8 Å². The summed E-state index contributed by atoms with van der Waals surface area (Å²) in [5.74, 6) is 3.39. The van der Waals surface area contributed by atoms with Gasteiger partial charge >= 0.3 is 0 Å². The van der Waals surface area contributed by atoms with Crippen molar-refractivity contribution in [2.45, 2.75) is 19.4 Å². The quantitative estimate of drug-likeness (QED) is 0.823. The van der Waals surface area contributed by atoms with Crippen LogP contribution in [0.25, 0.3) is 0 Å². The number of fused-ring (bicyclic) bond motifs is 1. The number of carbonyl (C=O) groups excluding carboxylic acids is 1. The van der Waals surface area contributed by atoms with Gasteiger partial charge in [0.2, 0.25) is 0 Å². The van der Waals surface area contributed by atoms with E-state index in [9.17, 15) is 4.79 Å². The van der Waals surface area contributed by atoms with Crippen LogP contribution in [0.5, 0.6) is 11.5 Å². The number of ether oxygens (including phenoxy) is 2. The number of rotatable bonds is 3. The van der Waals surface area contributed by atoms with Gasteiger partial charge in [0.05, 0.1) is 11.6 Å². The molecule has 1 aromatic rings. The van der Waals surface area contributed by atoms with Crippen LogP contribution in [0.3, 0.4) is 0 Å². The molecule has 0 saturated heterocycles. The lowest BCUT2D eigenvalue weighted by atomic mass is 10.1. The minimum absolute atomic E-state index is 0.234. The second-order valence-electron chi connectivity index (χ2n) is 3.93. The molecule has 1 aliphatic rings. The molecule has 0 fully saturated rings. The summed E-state index contributed by atoms with van der Waals surface area (Å²) in [5.41, 5.74) is 0.459. The number of terminal acetylenes is 1. The van der Waals surface area contributed by atoms with Crippen LogP contribution in [0.2, 0.25) is 0 Å². The third kappa shape index (κ3) is 2.40. The van der Waals surface area contributed by atoms with E-state index in [2.05, 4.69) is 11.2 Å². The molecule has 1 aromatic carbocycles. The van der Waals surface area contributed by atoms with E-state index in [4.69, 9.17) is 15.9 Å². The Hall–Kier alpha value is -2.15. The van der Waals surface area contributed by atoms with Gasteiger partial charge in [-0.3, -0.25) is 4.79 Å². The lowest BCUT2D eigenvalue weighted by molar-refractivity contribution is 0.0934. The number of nitrogens with one attached hydrogen (secondary N) is 1. The molecule has 1 atom stereocenters. The summed E-state index contributed by atoms with van der Waals surface area (Å²) >= 11 is 0. The molecular weight excluding hydrogens is 230 g/mol. The fraction of sp³-hybridized carbons (Fsp3) is 0.357. The Balaban J connectivity index is 2.23. The van der Waals surface area contributed by atoms with Crippen LogP contribution >= 0.6 is 0 Å². The Kier molecular flexibility index (Phi) is 3.73. The number of carbonyl (C=O) groups is 1. The number of amides is 1. The highest BCUT2D eigenvalue weighted by molar-refractivity contribution is 5.98. The molecule has 94 valence electrons. The van der Waals surface area contributed by atoms with Gasteiger partial charge in [-0.2, -0.15) is 0 Å². The van der Waals surface area contributed by atoms with Gasteiger partial charge in [0.25, 0.3) is 5.91 Å². The molecule has 18 heavy (non-hydrogen) atoms. The van der Waals surface area contributed by atoms with Gasteiger partial charge in [-0.25, -0.2) is 0 Å². The molecule has 0 bridgehead atoms. The Labute approximate surface area is 106 Å². The number of hydrogen-bond donors (Lipinski definition) is 1. The molecule has 1 N–H and O–H groups in total. The Bertz CT molecular complexity index is 490. The monoisotopic (exact) mass is 245 g/mol. The van der Waals surface area contributed by atoms with Crippen molar-refractivity contribution in [3.05, 3.63) is 23.8 Å². The van der Waals surface area contributed by atoms with Crippen LogP contribution in [-0.2, 0) is 0 Å². The highest BCUT2D eigenvalue weighted by Gasteiger charge is 2.21. The normalized spacial score (nSPS) is 14.4. The third-order valence-electron chi connectivity index (χ3n) is 2.73. The van der Waals surface area contributed by atoms with Crippen molar-refractivity contribution < 1.29 is 14.3 Å². The van der Waals surface area contributed by atoms with Crippen LogP contribution in [0, 0.1) is 12.3 Å². The highest BCUT2D eigenvalue weighted by Crippen LogP contribution is 2.33.